The van der Waals surface area contributed by atoms with Crippen molar-refractivity contribution in [3.63, 3.8) is 0 Å². The van der Waals surface area contributed by atoms with Crippen LogP contribution in [0.1, 0.15) is 42.2 Å². The van der Waals surface area contributed by atoms with Gasteiger partial charge in [0.25, 0.3) is 5.91 Å². The van der Waals surface area contributed by atoms with Crippen LogP contribution in [0, 0.1) is 18.8 Å². The molecule has 3 rings (SSSR count). The Hall–Kier alpha value is -1.91. The molecule has 2 fully saturated rings. The largest absolute Gasteiger partial charge is 0.343 e. The van der Waals surface area contributed by atoms with Crippen LogP contribution >= 0.6 is 0 Å². The van der Waals surface area contributed by atoms with Gasteiger partial charge in [0, 0.05) is 45.0 Å². The average Bonchev–Trinajstić information content (AvgIpc) is 3.05. The van der Waals surface area contributed by atoms with E-state index >= 15 is 0 Å². The Kier molecular flexibility index (Phi) is 4.64. The van der Waals surface area contributed by atoms with Crippen molar-refractivity contribution in [2.24, 2.45) is 11.8 Å². The maximum atomic E-state index is 12.6. The van der Waals surface area contributed by atoms with Crippen molar-refractivity contribution in [3.8, 4) is 0 Å². The fourth-order valence-electron chi connectivity index (χ4n) is 3.82. The quantitative estimate of drug-likeness (QED) is 0.840. The lowest BCUT2D eigenvalue weighted by atomic mass is 9.84. The highest BCUT2D eigenvalue weighted by Gasteiger charge is 2.34. The number of hydrogen-bond donors (Lipinski definition) is 0. The number of aryl methyl sites for hydroxylation is 1. The van der Waals surface area contributed by atoms with Crippen LogP contribution in [0.5, 0.6) is 0 Å². The summed E-state index contributed by atoms with van der Waals surface area (Å²) < 4.78 is 0. The van der Waals surface area contributed by atoms with E-state index < -0.39 is 0 Å². The fraction of sp³-hybridized carbons (Fsp3) is 0.611. The van der Waals surface area contributed by atoms with Gasteiger partial charge in [-0.15, -0.1) is 0 Å². The van der Waals surface area contributed by atoms with Gasteiger partial charge < -0.3 is 9.80 Å². The Morgan fingerprint density at radius 3 is 2.30 bits per heavy atom. The summed E-state index contributed by atoms with van der Waals surface area (Å²) in [5.74, 6) is 1.49. The van der Waals surface area contributed by atoms with Gasteiger partial charge in [0.1, 0.15) is 0 Å². The van der Waals surface area contributed by atoms with Gasteiger partial charge in [0.15, 0.2) is 0 Å². The predicted octanol–water partition coefficient (Wildman–Crippen LogP) is 2.11. The van der Waals surface area contributed by atoms with Crippen molar-refractivity contribution in [2.45, 2.75) is 33.1 Å². The van der Waals surface area contributed by atoms with E-state index in [9.17, 15) is 9.59 Å². The maximum Gasteiger partial charge on any atom is 0.255 e. The van der Waals surface area contributed by atoms with Crippen LogP contribution in [0.4, 0.5) is 0 Å². The summed E-state index contributed by atoms with van der Waals surface area (Å²) in [6.45, 7) is 6.99. The minimum Gasteiger partial charge on any atom is -0.343 e. The predicted molar refractivity (Wildman–Crippen MR) is 88.0 cm³/mol. The number of carbonyl (C=O) groups is 2. The van der Waals surface area contributed by atoms with E-state index in [1.54, 1.807) is 13.1 Å². The topological polar surface area (TPSA) is 53.5 Å². The molecule has 1 atom stereocenters. The molecule has 1 aromatic rings. The molecule has 0 aliphatic carbocycles. The summed E-state index contributed by atoms with van der Waals surface area (Å²) in [5, 5.41) is 0. The van der Waals surface area contributed by atoms with Crippen LogP contribution < -0.4 is 0 Å². The molecule has 1 aromatic heterocycles. The normalized spacial score (nSPS) is 22.4. The Balaban J connectivity index is 1.55. The first-order chi connectivity index (χ1) is 11.0. The molecule has 0 N–H and O–H groups in total. The molecule has 0 saturated carbocycles. The van der Waals surface area contributed by atoms with Gasteiger partial charge in [-0.3, -0.25) is 14.6 Å². The van der Waals surface area contributed by atoms with Crippen molar-refractivity contribution in [3.05, 3.63) is 29.6 Å². The zero-order valence-electron chi connectivity index (χ0n) is 14.0. The van der Waals surface area contributed by atoms with E-state index in [4.69, 9.17) is 0 Å². The zero-order chi connectivity index (χ0) is 16.4. The lowest BCUT2D eigenvalue weighted by Crippen LogP contribution is -2.39. The van der Waals surface area contributed by atoms with Crippen molar-refractivity contribution < 1.29 is 9.59 Å². The Labute approximate surface area is 137 Å². The number of likely N-dealkylation sites (tertiary alicyclic amines) is 2. The number of piperidine rings is 1. The van der Waals surface area contributed by atoms with Gasteiger partial charge in [0.2, 0.25) is 5.91 Å². The van der Waals surface area contributed by atoms with Crippen molar-refractivity contribution >= 4 is 11.8 Å². The third kappa shape index (κ3) is 3.54. The van der Waals surface area contributed by atoms with E-state index in [0.717, 1.165) is 51.1 Å². The van der Waals surface area contributed by atoms with Gasteiger partial charge in [-0.2, -0.15) is 0 Å². The lowest BCUT2D eigenvalue weighted by molar-refractivity contribution is -0.130. The molecule has 0 radical (unpaired) electrons. The molecule has 5 heteroatoms. The molecule has 0 aromatic carbocycles. The van der Waals surface area contributed by atoms with Gasteiger partial charge in [-0.05, 0) is 50.2 Å². The van der Waals surface area contributed by atoms with Crippen LogP contribution in [-0.4, -0.2) is 52.8 Å². The molecule has 0 bridgehead atoms. The number of pyridine rings is 1. The van der Waals surface area contributed by atoms with Crippen LogP contribution in [0.15, 0.2) is 18.3 Å². The van der Waals surface area contributed by atoms with Crippen molar-refractivity contribution in [1.82, 2.24) is 14.8 Å². The SMILES string of the molecule is CC(=O)N1CCC(C2CCN(C(=O)c3ccc(C)nc3)C2)CC1. The fourth-order valence-corrected chi connectivity index (χ4v) is 3.82. The summed E-state index contributed by atoms with van der Waals surface area (Å²) in [4.78, 5) is 32.1. The summed E-state index contributed by atoms with van der Waals surface area (Å²) in [5.41, 5.74) is 1.61. The van der Waals surface area contributed by atoms with E-state index in [1.807, 2.05) is 28.9 Å². The molecule has 23 heavy (non-hydrogen) atoms. The summed E-state index contributed by atoms with van der Waals surface area (Å²) in [6, 6.07) is 3.75. The van der Waals surface area contributed by atoms with Crippen LogP contribution in [-0.2, 0) is 4.79 Å². The van der Waals surface area contributed by atoms with Crippen LogP contribution in [0.25, 0.3) is 0 Å². The second-order valence-corrected chi connectivity index (χ2v) is 6.83. The third-order valence-corrected chi connectivity index (χ3v) is 5.32. The summed E-state index contributed by atoms with van der Waals surface area (Å²) in [6.07, 6.45) is 4.89. The van der Waals surface area contributed by atoms with E-state index in [1.165, 1.54) is 0 Å². The standard InChI is InChI=1S/C18H25N3O2/c1-13-3-4-16(11-19-13)18(23)21-10-7-17(12-21)15-5-8-20(9-6-15)14(2)22/h3-4,11,15,17H,5-10,12H2,1-2H3. The highest BCUT2D eigenvalue weighted by atomic mass is 16.2. The van der Waals surface area contributed by atoms with Gasteiger partial charge in [-0.25, -0.2) is 0 Å². The zero-order valence-corrected chi connectivity index (χ0v) is 14.0. The van der Waals surface area contributed by atoms with Gasteiger partial charge in [0.05, 0.1) is 5.56 Å². The smallest absolute Gasteiger partial charge is 0.255 e. The first kappa shape index (κ1) is 16.0. The van der Waals surface area contributed by atoms with Crippen molar-refractivity contribution in [1.29, 1.82) is 0 Å². The van der Waals surface area contributed by atoms with E-state index in [2.05, 4.69) is 4.98 Å². The molecule has 2 aliphatic heterocycles. The molecule has 3 heterocycles. The molecule has 2 saturated heterocycles. The molecular weight excluding hydrogens is 290 g/mol. The van der Waals surface area contributed by atoms with E-state index in [0.29, 0.717) is 17.4 Å². The molecule has 2 amide bonds. The Morgan fingerprint density at radius 2 is 1.70 bits per heavy atom. The second kappa shape index (κ2) is 6.69. The number of amides is 2. The van der Waals surface area contributed by atoms with Crippen LogP contribution in [0.3, 0.4) is 0 Å². The van der Waals surface area contributed by atoms with Gasteiger partial charge >= 0.3 is 0 Å². The number of hydrogen-bond acceptors (Lipinski definition) is 3. The molecule has 0 spiro atoms. The summed E-state index contributed by atoms with van der Waals surface area (Å²) >= 11 is 0. The number of nitrogens with zero attached hydrogens (tertiary/aromatic N) is 3. The Morgan fingerprint density at radius 1 is 1.04 bits per heavy atom. The Bertz CT molecular complexity index is 576. The minimum absolute atomic E-state index is 0.0983. The first-order valence-corrected chi connectivity index (χ1v) is 8.52. The second-order valence-electron chi connectivity index (χ2n) is 6.83. The molecular formula is C18H25N3O2. The third-order valence-electron chi connectivity index (χ3n) is 5.32. The van der Waals surface area contributed by atoms with E-state index in [-0.39, 0.29) is 11.8 Å². The minimum atomic E-state index is 0.0983. The number of aromatic nitrogens is 1. The molecule has 5 nitrogen and oxygen atoms in total. The monoisotopic (exact) mass is 315 g/mol. The highest BCUT2D eigenvalue weighted by Crippen LogP contribution is 2.32. The molecule has 2 aliphatic rings. The highest BCUT2D eigenvalue weighted by molar-refractivity contribution is 5.94. The maximum absolute atomic E-state index is 12.6. The first-order valence-electron chi connectivity index (χ1n) is 8.52. The number of carbonyl (C=O) groups excluding carboxylic acids is 2. The van der Waals surface area contributed by atoms with Gasteiger partial charge in [-0.1, -0.05) is 0 Å². The van der Waals surface area contributed by atoms with Crippen molar-refractivity contribution in [2.75, 3.05) is 26.2 Å². The molecule has 1 unspecified atom stereocenters. The van der Waals surface area contributed by atoms with Crippen LogP contribution in [0.2, 0.25) is 0 Å². The molecule has 124 valence electrons. The summed E-state index contributed by atoms with van der Waals surface area (Å²) in [7, 11) is 0. The average molecular weight is 315 g/mol. The lowest BCUT2D eigenvalue weighted by Gasteiger charge is -2.34. The number of rotatable bonds is 2.